The zero-order valence-electron chi connectivity index (χ0n) is 12.0. The summed E-state index contributed by atoms with van der Waals surface area (Å²) in [5.74, 6) is -0.167. The van der Waals surface area contributed by atoms with E-state index in [0.717, 1.165) is 6.54 Å². The summed E-state index contributed by atoms with van der Waals surface area (Å²) < 4.78 is 23.0. The summed E-state index contributed by atoms with van der Waals surface area (Å²) in [6, 6.07) is 3.87. The number of benzene rings is 1. The van der Waals surface area contributed by atoms with Crippen LogP contribution < -0.4 is 15.4 Å². The number of ether oxygens (including phenoxy) is 2. The first-order valence-electron chi connectivity index (χ1n) is 6.67. The molecule has 1 rings (SSSR count). The van der Waals surface area contributed by atoms with Gasteiger partial charge in [0.25, 0.3) is 0 Å². The Morgan fingerprint density at radius 3 is 2.81 bits per heavy atom. The fraction of sp³-hybridized carbons (Fsp3) is 0.500. The number of hydrogen-bond donors (Lipinski definition) is 2. The minimum atomic E-state index is -0.425. The van der Waals surface area contributed by atoms with Crippen molar-refractivity contribution in [1.29, 1.82) is 0 Å². The third-order valence-electron chi connectivity index (χ3n) is 2.59. The first kappa shape index (κ1) is 17.7. The molecule has 0 saturated heterocycles. The lowest BCUT2D eigenvalue weighted by Crippen LogP contribution is -2.33. The van der Waals surface area contributed by atoms with Gasteiger partial charge in [-0.05, 0) is 18.2 Å². The molecule has 0 unspecified atom stereocenters. The highest BCUT2D eigenvalue weighted by Crippen LogP contribution is 2.24. The maximum Gasteiger partial charge on any atom is 0.223 e. The van der Waals surface area contributed by atoms with Crippen molar-refractivity contribution in [1.82, 2.24) is 10.6 Å². The second-order valence-electron chi connectivity index (χ2n) is 4.27. The lowest BCUT2D eigenvalue weighted by atomic mass is 10.3. The van der Waals surface area contributed by atoms with Crippen LogP contribution in [0.1, 0.15) is 6.42 Å². The van der Waals surface area contributed by atoms with E-state index in [1.165, 1.54) is 18.2 Å². The van der Waals surface area contributed by atoms with Crippen LogP contribution in [0.25, 0.3) is 0 Å². The number of rotatable bonds is 10. The molecule has 0 atom stereocenters. The van der Waals surface area contributed by atoms with Crippen molar-refractivity contribution >= 4 is 17.5 Å². The minimum absolute atomic E-state index is 0.109. The SMILES string of the molecule is COCCNCCNC(=O)CCOc1ccc(F)cc1Cl. The van der Waals surface area contributed by atoms with E-state index in [1.807, 2.05) is 0 Å². The molecule has 0 saturated carbocycles. The van der Waals surface area contributed by atoms with Gasteiger partial charge in [-0.3, -0.25) is 4.79 Å². The molecular formula is C14H20ClFN2O3. The minimum Gasteiger partial charge on any atom is -0.491 e. The van der Waals surface area contributed by atoms with Gasteiger partial charge in [0, 0.05) is 26.7 Å². The van der Waals surface area contributed by atoms with Gasteiger partial charge in [0.15, 0.2) is 0 Å². The van der Waals surface area contributed by atoms with E-state index in [9.17, 15) is 9.18 Å². The zero-order chi connectivity index (χ0) is 15.5. The van der Waals surface area contributed by atoms with Crippen LogP contribution in [-0.4, -0.2) is 45.9 Å². The van der Waals surface area contributed by atoms with Crippen LogP contribution in [0, 0.1) is 5.82 Å². The molecule has 0 aliphatic carbocycles. The van der Waals surface area contributed by atoms with E-state index >= 15 is 0 Å². The average Bonchev–Trinajstić information content (AvgIpc) is 2.45. The zero-order valence-corrected chi connectivity index (χ0v) is 12.7. The van der Waals surface area contributed by atoms with Gasteiger partial charge in [-0.1, -0.05) is 11.6 Å². The van der Waals surface area contributed by atoms with Gasteiger partial charge >= 0.3 is 0 Å². The molecule has 0 heterocycles. The van der Waals surface area contributed by atoms with Gasteiger partial charge in [-0.25, -0.2) is 4.39 Å². The topological polar surface area (TPSA) is 59.6 Å². The van der Waals surface area contributed by atoms with Gasteiger partial charge in [-0.2, -0.15) is 0 Å². The molecule has 0 bridgehead atoms. The maximum absolute atomic E-state index is 12.8. The van der Waals surface area contributed by atoms with Gasteiger partial charge in [0.05, 0.1) is 24.7 Å². The first-order valence-corrected chi connectivity index (χ1v) is 7.05. The lowest BCUT2D eigenvalue weighted by Gasteiger charge is -2.09. The highest BCUT2D eigenvalue weighted by atomic mass is 35.5. The quantitative estimate of drug-likeness (QED) is 0.643. The van der Waals surface area contributed by atoms with E-state index in [1.54, 1.807) is 7.11 Å². The summed E-state index contributed by atoms with van der Waals surface area (Å²) in [5, 5.41) is 6.06. The Morgan fingerprint density at radius 2 is 2.10 bits per heavy atom. The molecule has 1 aromatic rings. The number of halogens is 2. The second-order valence-corrected chi connectivity index (χ2v) is 4.67. The first-order chi connectivity index (χ1) is 10.1. The number of carbonyl (C=O) groups is 1. The van der Waals surface area contributed by atoms with Crippen molar-refractivity contribution in [3.8, 4) is 5.75 Å². The molecule has 1 amide bonds. The van der Waals surface area contributed by atoms with E-state index in [2.05, 4.69) is 10.6 Å². The Bertz CT molecular complexity index is 446. The molecule has 0 aliphatic rings. The normalized spacial score (nSPS) is 10.4. The lowest BCUT2D eigenvalue weighted by molar-refractivity contribution is -0.121. The van der Waals surface area contributed by atoms with E-state index in [0.29, 0.717) is 25.4 Å². The number of amides is 1. The standard InChI is InChI=1S/C14H20ClFN2O3/c1-20-9-7-17-5-6-18-14(19)4-8-21-13-3-2-11(16)10-12(13)15/h2-3,10,17H,4-9H2,1H3,(H,18,19). The predicted molar refractivity (Wildman–Crippen MR) is 79.3 cm³/mol. The highest BCUT2D eigenvalue weighted by molar-refractivity contribution is 6.32. The van der Waals surface area contributed by atoms with Crippen molar-refractivity contribution in [2.24, 2.45) is 0 Å². The molecule has 0 spiro atoms. The molecule has 0 aromatic heterocycles. The molecule has 118 valence electrons. The van der Waals surface area contributed by atoms with Crippen LogP contribution in [0.3, 0.4) is 0 Å². The van der Waals surface area contributed by atoms with Gasteiger partial charge < -0.3 is 20.1 Å². The second kappa shape index (κ2) is 10.4. The highest BCUT2D eigenvalue weighted by Gasteiger charge is 2.05. The number of carbonyl (C=O) groups excluding carboxylic acids is 1. The summed E-state index contributed by atoms with van der Waals surface area (Å²) in [6.07, 6.45) is 0.214. The molecule has 21 heavy (non-hydrogen) atoms. The van der Waals surface area contributed by atoms with Crippen LogP contribution in [0.5, 0.6) is 5.75 Å². The number of nitrogens with one attached hydrogen (secondary N) is 2. The average molecular weight is 319 g/mol. The number of hydrogen-bond acceptors (Lipinski definition) is 4. The van der Waals surface area contributed by atoms with Crippen molar-refractivity contribution in [3.63, 3.8) is 0 Å². The molecule has 7 heteroatoms. The van der Waals surface area contributed by atoms with E-state index in [-0.39, 0.29) is 24.0 Å². The Hall–Kier alpha value is -1.37. The summed E-state index contributed by atoms with van der Waals surface area (Å²) >= 11 is 5.80. The Morgan fingerprint density at radius 1 is 1.29 bits per heavy atom. The Labute approximate surface area is 128 Å². The summed E-state index contributed by atoms with van der Waals surface area (Å²) in [5.41, 5.74) is 0. The van der Waals surface area contributed by atoms with Gasteiger partial charge in [0.2, 0.25) is 5.91 Å². The fourth-order valence-corrected chi connectivity index (χ4v) is 1.75. The molecule has 5 nitrogen and oxygen atoms in total. The molecular weight excluding hydrogens is 299 g/mol. The molecule has 1 aromatic carbocycles. The van der Waals surface area contributed by atoms with Crippen LogP contribution in [0.4, 0.5) is 4.39 Å². The monoisotopic (exact) mass is 318 g/mol. The number of methoxy groups -OCH3 is 1. The molecule has 0 fully saturated rings. The largest absolute Gasteiger partial charge is 0.491 e. The summed E-state index contributed by atoms with van der Waals surface area (Å²) in [4.78, 5) is 11.5. The van der Waals surface area contributed by atoms with Crippen molar-refractivity contribution in [2.45, 2.75) is 6.42 Å². The third-order valence-corrected chi connectivity index (χ3v) is 2.88. The van der Waals surface area contributed by atoms with E-state index < -0.39 is 5.82 Å². The maximum atomic E-state index is 12.8. The Balaban J connectivity index is 2.10. The predicted octanol–water partition coefficient (Wildman–Crippen LogP) is 1.60. The Kier molecular flexibility index (Phi) is 8.73. The van der Waals surface area contributed by atoms with Crippen LogP contribution >= 0.6 is 11.6 Å². The smallest absolute Gasteiger partial charge is 0.223 e. The van der Waals surface area contributed by atoms with Crippen LogP contribution in [-0.2, 0) is 9.53 Å². The fourth-order valence-electron chi connectivity index (χ4n) is 1.52. The van der Waals surface area contributed by atoms with Crippen molar-refractivity contribution in [3.05, 3.63) is 29.0 Å². The molecule has 0 radical (unpaired) electrons. The van der Waals surface area contributed by atoms with E-state index in [4.69, 9.17) is 21.1 Å². The molecule has 0 aliphatic heterocycles. The van der Waals surface area contributed by atoms with Gasteiger partial charge in [-0.15, -0.1) is 0 Å². The van der Waals surface area contributed by atoms with Crippen LogP contribution in [0.15, 0.2) is 18.2 Å². The van der Waals surface area contributed by atoms with Crippen LogP contribution in [0.2, 0.25) is 5.02 Å². The van der Waals surface area contributed by atoms with Crippen molar-refractivity contribution < 1.29 is 18.7 Å². The van der Waals surface area contributed by atoms with Crippen molar-refractivity contribution in [2.75, 3.05) is 40.0 Å². The molecule has 2 N–H and O–H groups in total. The summed E-state index contributed by atoms with van der Waals surface area (Å²) in [6.45, 7) is 2.80. The van der Waals surface area contributed by atoms with Gasteiger partial charge in [0.1, 0.15) is 11.6 Å². The third kappa shape index (κ3) is 7.84. The summed E-state index contributed by atoms with van der Waals surface area (Å²) in [7, 11) is 1.64.